The zero-order chi connectivity index (χ0) is 19.4. The number of rotatable bonds is 6. The smallest absolute Gasteiger partial charge is 0.311 e. The van der Waals surface area contributed by atoms with Gasteiger partial charge < -0.3 is 10.1 Å². The van der Waals surface area contributed by atoms with E-state index in [1.165, 1.54) is 23.1 Å². The molecular weight excluding hydrogens is 425 g/mol. The average molecular weight is 436 g/mol. The lowest BCUT2D eigenvalue weighted by Crippen LogP contribution is -2.15. The molecule has 0 saturated carbocycles. The number of ether oxygens (including phenoxy) is 1. The Morgan fingerprint density at radius 2 is 2.15 bits per heavy atom. The number of nitro groups is 1. The molecule has 0 aliphatic heterocycles. The molecule has 0 saturated heterocycles. The van der Waals surface area contributed by atoms with Crippen molar-refractivity contribution in [2.75, 3.05) is 5.32 Å². The Balaban J connectivity index is 1.66. The number of anilines is 1. The predicted octanol–water partition coefficient (Wildman–Crippen LogP) is 3.38. The van der Waals surface area contributed by atoms with Gasteiger partial charge in [-0.3, -0.25) is 14.9 Å². The molecule has 0 spiro atoms. The third-order valence-corrected chi connectivity index (χ3v) is 3.78. The molecule has 0 aliphatic rings. The molecule has 138 valence electrons. The van der Waals surface area contributed by atoms with E-state index in [4.69, 9.17) is 4.74 Å². The van der Waals surface area contributed by atoms with Crippen molar-refractivity contribution in [1.82, 2.24) is 14.8 Å². The van der Waals surface area contributed by atoms with Gasteiger partial charge in [-0.25, -0.2) is 14.1 Å². The van der Waals surface area contributed by atoms with Crippen molar-refractivity contribution in [2.45, 2.75) is 6.73 Å². The lowest BCUT2D eigenvalue weighted by atomic mass is 10.3. The van der Waals surface area contributed by atoms with Crippen LogP contribution in [-0.2, 0) is 6.73 Å². The molecular formula is C16H11BrFN5O4. The Morgan fingerprint density at radius 1 is 1.33 bits per heavy atom. The highest BCUT2D eigenvalue weighted by molar-refractivity contribution is 9.10. The summed E-state index contributed by atoms with van der Waals surface area (Å²) in [5.41, 5.74) is -0.278. The second-order valence-corrected chi connectivity index (χ2v) is 6.11. The van der Waals surface area contributed by atoms with Gasteiger partial charge in [0.05, 0.1) is 4.92 Å². The van der Waals surface area contributed by atoms with Gasteiger partial charge in [0.1, 0.15) is 11.6 Å². The van der Waals surface area contributed by atoms with Crippen molar-refractivity contribution in [3.8, 4) is 5.75 Å². The third kappa shape index (κ3) is 4.64. The topological polar surface area (TPSA) is 112 Å². The summed E-state index contributed by atoms with van der Waals surface area (Å²) in [6.45, 7) is -0.242. The maximum absolute atomic E-state index is 13.3. The summed E-state index contributed by atoms with van der Waals surface area (Å²) in [5.74, 6) is -1.04. The largest absolute Gasteiger partial charge is 0.464 e. The van der Waals surface area contributed by atoms with E-state index in [1.807, 2.05) is 0 Å². The third-order valence-electron chi connectivity index (χ3n) is 3.31. The zero-order valence-corrected chi connectivity index (χ0v) is 15.1. The minimum Gasteiger partial charge on any atom is -0.464 e. The molecule has 2 heterocycles. The molecule has 9 nitrogen and oxygen atoms in total. The highest BCUT2D eigenvalue weighted by atomic mass is 79.9. The van der Waals surface area contributed by atoms with Crippen LogP contribution in [0.15, 0.2) is 53.3 Å². The number of amides is 1. The van der Waals surface area contributed by atoms with Crippen molar-refractivity contribution < 1.29 is 18.8 Å². The first-order valence-corrected chi connectivity index (χ1v) is 8.25. The number of nitrogens with one attached hydrogen (secondary N) is 1. The molecule has 2 aromatic heterocycles. The van der Waals surface area contributed by atoms with Crippen LogP contribution in [0.4, 0.5) is 15.9 Å². The maximum Gasteiger partial charge on any atom is 0.311 e. The minimum absolute atomic E-state index is 0.0945. The molecule has 11 heteroatoms. The van der Waals surface area contributed by atoms with Crippen LogP contribution < -0.4 is 10.1 Å². The van der Waals surface area contributed by atoms with Gasteiger partial charge in [0.25, 0.3) is 5.91 Å². The van der Waals surface area contributed by atoms with Gasteiger partial charge in [0.2, 0.25) is 5.75 Å². The number of aromatic nitrogens is 3. The fraction of sp³-hybridized carbons (Fsp3) is 0.0625. The number of halogens is 2. The summed E-state index contributed by atoms with van der Waals surface area (Å²) < 4.78 is 20.6. The SMILES string of the molecule is O=C(Nc1ccc(Br)cn1)c1ccn(COc2cc(F)ccc2[N+](=O)[O-])n1. The van der Waals surface area contributed by atoms with E-state index in [1.54, 1.807) is 12.1 Å². The Hall–Kier alpha value is -3.34. The molecule has 0 unspecified atom stereocenters. The van der Waals surface area contributed by atoms with E-state index in [0.29, 0.717) is 5.82 Å². The summed E-state index contributed by atoms with van der Waals surface area (Å²) in [6, 6.07) is 7.67. The Bertz CT molecular complexity index is 993. The average Bonchev–Trinajstić information content (AvgIpc) is 3.11. The first-order valence-electron chi connectivity index (χ1n) is 7.45. The van der Waals surface area contributed by atoms with Crippen molar-refractivity contribution in [2.24, 2.45) is 0 Å². The lowest BCUT2D eigenvalue weighted by molar-refractivity contribution is -0.386. The van der Waals surface area contributed by atoms with Crippen molar-refractivity contribution in [3.05, 3.63) is 74.9 Å². The standard InChI is InChI=1S/C16H11BrFN5O4/c17-10-1-4-15(19-8-10)20-16(24)12-5-6-22(21-12)9-27-14-7-11(18)2-3-13(14)23(25)26/h1-8H,9H2,(H,19,20,24). The number of pyridine rings is 1. The number of carbonyl (C=O) groups excluding carboxylic acids is 1. The van der Waals surface area contributed by atoms with Crippen LogP contribution in [0, 0.1) is 15.9 Å². The summed E-state index contributed by atoms with van der Waals surface area (Å²) in [4.78, 5) is 26.5. The van der Waals surface area contributed by atoms with Gasteiger partial charge in [-0.15, -0.1) is 0 Å². The number of hydrogen-bond acceptors (Lipinski definition) is 6. The van der Waals surface area contributed by atoms with Crippen molar-refractivity contribution in [3.63, 3.8) is 0 Å². The van der Waals surface area contributed by atoms with Crippen LogP contribution in [0.3, 0.4) is 0 Å². The van der Waals surface area contributed by atoms with E-state index in [-0.39, 0.29) is 23.9 Å². The molecule has 0 aliphatic carbocycles. The summed E-state index contributed by atoms with van der Waals surface area (Å²) in [6.07, 6.45) is 2.99. The fourth-order valence-electron chi connectivity index (χ4n) is 2.07. The monoisotopic (exact) mass is 435 g/mol. The number of hydrogen-bond donors (Lipinski definition) is 1. The molecule has 1 N–H and O–H groups in total. The molecule has 0 bridgehead atoms. The number of benzene rings is 1. The van der Waals surface area contributed by atoms with Gasteiger partial charge in [-0.2, -0.15) is 5.10 Å². The van der Waals surface area contributed by atoms with Crippen LogP contribution in [0.5, 0.6) is 5.75 Å². The number of nitrogens with zero attached hydrogens (tertiary/aromatic N) is 4. The molecule has 0 fully saturated rings. The van der Waals surface area contributed by atoms with Gasteiger partial charge in [-0.1, -0.05) is 0 Å². The van der Waals surface area contributed by atoms with E-state index in [2.05, 4.69) is 31.3 Å². The Morgan fingerprint density at radius 3 is 2.85 bits per heavy atom. The highest BCUT2D eigenvalue weighted by Crippen LogP contribution is 2.27. The number of carbonyl (C=O) groups is 1. The van der Waals surface area contributed by atoms with Crippen LogP contribution >= 0.6 is 15.9 Å². The van der Waals surface area contributed by atoms with Gasteiger partial charge in [0, 0.05) is 29.0 Å². The molecule has 0 atom stereocenters. The van der Waals surface area contributed by atoms with Crippen LogP contribution in [0.2, 0.25) is 0 Å². The van der Waals surface area contributed by atoms with Crippen molar-refractivity contribution in [1.29, 1.82) is 0 Å². The van der Waals surface area contributed by atoms with Crippen LogP contribution in [-0.4, -0.2) is 25.6 Å². The molecule has 3 aromatic rings. The first kappa shape index (κ1) is 18.5. The molecule has 0 radical (unpaired) electrons. The highest BCUT2D eigenvalue weighted by Gasteiger charge is 2.16. The molecule has 1 amide bonds. The lowest BCUT2D eigenvalue weighted by Gasteiger charge is -2.07. The minimum atomic E-state index is -0.679. The summed E-state index contributed by atoms with van der Waals surface area (Å²) in [7, 11) is 0. The van der Waals surface area contributed by atoms with E-state index in [0.717, 1.165) is 22.7 Å². The second kappa shape index (κ2) is 7.91. The fourth-order valence-corrected chi connectivity index (χ4v) is 2.31. The predicted molar refractivity (Wildman–Crippen MR) is 95.8 cm³/mol. The Kier molecular flexibility index (Phi) is 5.41. The normalized spacial score (nSPS) is 10.4. The van der Waals surface area contributed by atoms with Crippen molar-refractivity contribution >= 4 is 33.3 Å². The van der Waals surface area contributed by atoms with E-state index >= 15 is 0 Å². The van der Waals surface area contributed by atoms with E-state index in [9.17, 15) is 19.3 Å². The molecule has 1 aromatic carbocycles. The quantitative estimate of drug-likeness (QED) is 0.469. The molecule has 27 heavy (non-hydrogen) atoms. The van der Waals surface area contributed by atoms with Crippen LogP contribution in [0.1, 0.15) is 10.5 Å². The Labute approximate surface area is 160 Å². The maximum atomic E-state index is 13.3. The molecule has 3 rings (SSSR count). The first-order chi connectivity index (χ1) is 12.9. The summed E-state index contributed by atoms with van der Waals surface area (Å²) >= 11 is 3.24. The van der Waals surface area contributed by atoms with Gasteiger partial charge >= 0.3 is 5.69 Å². The van der Waals surface area contributed by atoms with Gasteiger partial charge in [-0.05, 0) is 40.2 Å². The summed E-state index contributed by atoms with van der Waals surface area (Å²) in [5, 5.41) is 17.5. The van der Waals surface area contributed by atoms with Gasteiger partial charge in [0.15, 0.2) is 12.4 Å². The second-order valence-electron chi connectivity index (χ2n) is 5.20. The number of nitro benzene ring substituents is 1. The van der Waals surface area contributed by atoms with Crippen LogP contribution in [0.25, 0.3) is 0 Å². The zero-order valence-electron chi connectivity index (χ0n) is 13.5. The van der Waals surface area contributed by atoms with E-state index < -0.39 is 16.6 Å².